The highest BCUT2D eigenvalue weighted by Gasteiger charge is 2.35. The molecule has 29 heavy (non-hydrogen) atoms. The van der Waals surface area contributed by atoms with Crippen molar-refractivity contribution in [1.82, 2.24) is 15.0 Å². The van der Waals surface area contributed by atoms with Gasteiger partial charge in [0.1, 0.15) is 0 Å². The first-order valence-electron chi connectivity index (χ1n) is 9.68. The van der Waals surface area contributed by atoms with Crippen molar-refractivity contribution in [3.05, 3.63) is 60.0 Å². The van der Waals surface area contributed by atoms with Gasteiger partial charge in [0, 0.05) is 28.7 Å². The van der Waals surface area contributed by atoms with Crippen LogP contribution in [0.25, 0.3) is 22.6 Å². The van der Waals surface area contributed by atoms with Crippen molar-refractivity contribution in [2.45, 2.75) is 52.7 Å². The first-order chi connectivity index (χ1) is 13.5. The minimum absolute atomic E-state index is 0.693. The molecule has 3 aromatic rings. The largest absolute Gasteiger partial charge is 0.427 e. The lowest BCUT2D eigenvalue weighted by atomic mass is 9.82. The van der Waals surface area contributed by atoms with E-state index in [1.165, 1.54) is 0 Å². The second-order valence-corrected chi connectivity index (χ2v) is 8.33. The Morgan fingerprint density at radius 2 is 1.45 bits per heavy atom. The highest BCUT2D eigenvalue weighted by molar-refractivity contribution is 6.47. The van der Waals surface area contributed by atoms with E-state index in [0.29, 0.717) is 5.82 Å². The van der Waals surface area contributed by atoms with Crippen molar-refractivity contribution >= 4 is 12.9 Å². The highest BCUT2D eigenvalue weighted by Crippen LogP contribution is 2.24. The summed E-state index contributed by atoms with van der Waals surface area (Å²) in [4.78, 5) is 13.6. The van der Waals surface area contributed by atoms with Crippen LogP contribution in [-0.4, -0.2) is 38.7 Å². The van der Waals surface area contributed by atoms with E-state index in [1.807, 2.05) is 70.2 Å². The van der Waals surface area contributed by atoms with Crippen LogP contribution in [0.3, 0.4) is 0 Å². The third-order valence-corrected chi connectivity index (χ3v) is 5.17. The van der Waals surface area contributed by atoms with Crippen LogP contribution in [0.5, 0.6) is 0 Å². The SMILES string of the molecule is Cc1cc(C)nc(-c2ccc(-c3ccc([B]OC(C)(C)C(C)(C)O)cc3)nc2)n1. The van der Waals surface area contributed by atoms with Crippen LogP contribution >= 0.6 is 0 Å². The number of hydrogen-bond acceptors (Lipinski definition) is 5. The van der Waals surface area contributed by atoms with E-state index < -0.39 is 11.2 Å². The molecule has 0 atom stereocenters. The second kappa shape index (κ2) is 8.05. The van der Waals surface area contributed by atoms with E-state index in [4.69, 9.17) is 4.65 Å². The molecule has 0 aliphatic rings. The monoisotopic (exact) mass is 388 g/mol. The van der Waals surface area contributed by atoms with Gasteiger partial charge in [-0.2, -0.15) is 0 Å². The Kier molecular flexibility index (Phi) is 5.87. The van der Waals surface area contributed by atoms with Crippen molar-refractivity contribution in [2.24, 2.45) is 0 Å². The molecule has 1 N–H and O–H groups in total. The van der Waals surface area contributed by atoms with E-state index in [0.717, 1.165) is 33.7 Å². The standard InChI is InChI=1S/C23H27BN3O2/c1-15-13-16(2)27-21(26-15)18-9-12-20(25-14-18)17-7-10-19(11-8-17)24-29-23(5,6)22(3,4)28/h7-14,28H,1-6H3. The molecule has 0 spiro atoms. The van der Waals surface area contributed by atoms with Crippen molar-refractivity contribution in [1.29, 1.82) is 0 Å². The fourth-order valence-electron chi connectivity index (χ4n) is 2.64. The molecule has 0 saturated carbocycles. The van der Waals surface area contributed by atoms with Crippen LogP contribution in [0.4, 0.5) is 0 Å². The summed E-state index contributed by atoms with van der Waals surface area (Å²) < 4.78 is 5.80. The Morgan fingerprint density at radius 3 is 1.97 bits per heavy atom. The van der Waals surface area contributed by atoms with Gasteiger partial charge in [-0.25, -0.2) is 9.97 Å². The fraction of sp³-hybridized carbons (Fsp3) is 0.348. The summed E-state index contributed by atoms with van der Waals surface area (Å²) >= 11 is 0. The molecule has 5 nitrogen and oxygen atoms in total. The molecule has 0 bridgehead atoms. The van der Waals surface area contributed by atoms with Gasteiger partial charge in [0.15, 0.2) is 5.82 Å². The summed E-state index contributed by atoms with van der Waals surface area (Å²) in [5, 5.41) is 10.2. The summed E-state index contributed by atoms with van der Waals surface area (Å²) in [6.07, 6.45) is 1.80. The van der Waals surface area contributed by atoms with Crippen LogP contribution in [0.15, 0.2) is 48.7 Å². The molecular formula is C23H27BN3O2. The topological polar surface area (TPSA) is 68.1 Å². The zero-order valence-electron chi connectivity index (χ0n) is 17.9. The molecule has 0 aliphatic carbocycles. The van der Waals surface area contributed by atoms with Gasteiger partial charge in [-0.05, 0) is 59.7 Å². The molecule has 2 heterocycles. The van der Waals surface area contributed by atoms with Crippen LogP contribution in [0.1, 0.15) is 39.1 Å². The zero-order valence-corrected chi connectivity index (χ0v) is 17.9. The summed E-state index contributed by atoms with van der Waals surface area (Å²) in [5.41, 5.74) is 3.95. The average Bonchev–Trinajstić information content (AvgIpc) is 2.65. The Hall–Kier alpha value is -2.57. The van der Waals surface area contributed by atoms with Crippen LogP contribution in [0.2, 0.25) is 0 Å². The highest BCUT2D eigenvalue weighted by atomic mass is 16.5. The normalized spacial score (nSPS) is 12.1. The van der Waals surface area contributed by atoms with Crippen molar-refractivity contribution in [2.75, 3.05) is 0 Å². The van der Waals surface area contributed by atoms with Gasteiger partial charge in [0.25, 0.3) is 0 Å². The predicted molar refractivity (Wildman–Crippen MR) is 117 cm³/mol. The lowest BCUT2D eigenvalue weighted by Crippen LogP contribution is -2.49. The molecule has 1 aromatic carbocycles. The number of benzene rings is 1. The van der Waals surface area contributed by atoms with Crippen LogP contribution in [0, 0.1) is 13.8 Å². The molecule has 0 saturated heterocycles. The number of rotatable bonds is 6. The van der Waals surface area contributed by atoms with E-state index in [2.05, 4.69) is 15.0 Å². The fourth-order valence-corrected chi connectivity index (χ4v) is 2.64. The molecule has 0 amide bonds. The van der Waals surface area contributed by atoms with Crippen LogP contribution in [-0.2, 0) is 4.65 Å². The van der Waals surface area contributed by atoms with Crippen molar-refractivity contribution in [3.8, 4) is 22.6 Å². The summed E-state index contributed by atoms with van der Waals surface area (Å²) in [5.74, 6) is 0.693. The molecule has 0 fully saturated rings. The first kappa shape index (κ1) is 21.2. The van der Waals surface area contributed by atoms with E-state index in [9.17, 15) is 5.11 Å². The van der Waals surface area contributed by atoms with Crippen LogP contribution < -0.4 is 5.46 Å². The number of aryl methyl sites for hydroxylation is 2. The summed E-state index contributed by atoms with van der Waals surface area (Å²) in [6.45, 7) is 11.1. The zero-order chi connectivity index (χ0) is 21.2. The number of hydrogen-bond donors (Lipinski definition) is 1. The molecule has 0 aliphatic heterocycles. The summed E-state index contributed by atoms with van der Waals surface area (Å²) in [6, 6.07) is 13.9. The smallest absolute Gasteiger partial charge is 0.330 e. The Balaban J connectivity index is 1.72. The second-order valence-electron chi connectivity index (χ2n) is 8.33. The summed E-state index contributed by atoms with van der Waals surface area (Å²) in [7, 11) is 1.68. The Labute approximate surface area is 173 Å². The average molecular weight is 388 g/mol. The lowest BCUT2D eigenvalue weighted by molar-refractivity contribution is -0.0893. The third-order valence-electron chi connectivity index (χ3n) is 5.17. The van der Waals surface area contributed by atoms with E-state index in [-0.39, 0.29) is 0 Å². The van der Waals surface area contributed by atoms with Gasteiger partial charge >= 0.3 is 7.48 Å². The molecular weight excluding hydrogens is 361 g/mol. The molecule has 149 valence electrons. The third kappa shape index (κ3) is 5.08. The van der Waals surface area contributed by atoms with Gasteiger partial charge in [-0.1, -0.05) is 29.7 Å². The van der Waals surface area contributed by atoms with E-state index in [1.54, 1.807) is 27.5 Å². The molecule has 3 rings (SSSR count). The van der Waals surface area contributed by atoms with Crippen molar-refractivity contribution < 1.29 is 9.76 Å². The number of aromatic nitrogens is 3. The minimum atomic E-state index is -0.950. The Bertz CT molecular complexity index is 958. The van der Waals surface area contributed by atoms with Crippen molar-refractivity contribution in [3.63, 3.8) is 0 Å². The molecule has 0 unspecified atom stereocenters. The number of pyridine rings is 1. The number of nitrogens with zero attached hydrogens (tertiary/aromatic N) is 3. The molecule has 1 radical (unpaired) electrons. The van der Waals surface area contributed by atoms with Gasteiger partial charge in [-0.3, -0.25) is 4.98 Å². The lowest BCUT2D eigenvalue weighted by Gasteiger charge is -2.37. The first-order valence-corrected chi connectivity index (χ1v) is 9.68. The maximum atomic E-state index is 10.2. The van der Waals surface area contributed by atoms with E-state index >= 15 is 0 Å². The molecule has 6 heteroatoms. The van der Waals surface area contributed by atoms with Gasteiger partial charge in [0.2, 0.25) is 0 Å². The van der Waals surface area contributed by atoms with Gasteiger partial charge < -0.3 is 9.76 Å². The maximum absolute atomic E-state index is 10.2. The van der Waals surface area contributed by atoms with Gasteiger partial charge in [0.05, 0.1) is 16.9 Å². The number of aliphatic hydroxyl groups is 1. The van der Waals surface area contributed by atoms with Gasteiger partial charge in [-0.15, -0.1) is 0 Å². The quantitative estimate of drug-likeness (QED) is 0.653. The molecule has 2 aromatic heterocycles. The Morgan fingerprint density at radius 1 is 0.862 bits per heavy atom. The minimum Gasteiger partial charge on any atom is -0.427 e. The maximum Gasteiger partial charge on any atom is 0.330 e. The predicted octanol–water partition coefficient (Wildman–Crippen LogP) is 3.63.